The second-order valence-corrected chi connectivity index (χ2v) is 4.98. The molecule has 0 aliphatic rings. The van der Waals surface area contributed by atoms with E-state index in [1.807, 2.05) is 25.1 Å². The van der Waals surface area contributed by atoms with E-state index in [2.05, 4.69) is 5.32 Å². The number of halogens is 1. The maximum absolute atomic E-state index is 11.5. The van der Waals surface area contributed by atoms with Crippen molar-refractivity contribution in [1.29, 1.82) is 0 Å². The second kappa shape index (κ2) is 7.39. The number of aliphatic hydroxyl groups excluding tert-OH is 1. The summed E-state index contributed by atoms with van der Waals surface area (Å²) < 4.78 is 0. The van der Waals surface area contributed by atoms with Gasteiger partial charge in [0.05, 0.1) is 6.10 Å². The van der Waals surface area contributed by atoms with Crippen LogP contribution < -0.4 is 5.32 Å². The highest BCUT2D eigenvalue weighted by atomic mass is 35.5. The van der Waals surface area contributed by atoms with E-state index in [0.29, 0.717) is 25.8 Å². The van der Waals surface area contributed by atoms with Crippen LogP contribution in [0.2, 0.25) is 5.02 Å². The molecular weight excluding hydrogens is 250 g/mol. The molecule has 0 aromatic heterocycles. The van der Waals surface area contributed by atoms with Gasteiger partial charge in [0.2, 0.25) is 5.91 Å². The van der Waals surface area contributed by atoms with Gasteiger partial charge in [-0.15, -0.1) is 0 Å². The minimum atomic E-state index is -0.374. The molecule has 1 amide bonds. The zero-order chi connectivity index (χ0) is 13.5. The predicted molar refractivity (Wildman–Crippen MR) is 73.8 cm³/mol. The molecule has 18 heavy (non-hydrogen) atoms. The molecule has 0 spiro atoms. The van der Waals surface area contributed by atoms with Crippen LogP contribution >= 0.6 is 11.6 Å². The number of rotatable bonds is 6. The van der Waals surface area contributed by atoms with Gasteiger partial charge in [0.1, 0.15) is 0 Å². The highest BCUT2D eigenvalue weighted by molar-refractivity contribution is 6.31. The number of hydrogen-bond donors (Lipinski definition) is 2. The SMILES string of the molecule is Cc1ccc(CCC(=O)NCCC(C)O)cc1Cl. The van der Waals surface area contributed by atoms with E-state index in [1.54, 1.807) is 6.92 Å². The summed E-state index contributed by atoms with van der Waals surface area (Å²) in [4.78, 5) is 11.5. The molecule has 1 aromatic carbocycles. The van der Waals surface area contributed by atoms with Gasteiger partial charge in [-0.3, -0.25) is 4.79 Å². The first-order valence-corrected chi connectivity index (χ1v) is 6.56. The molecule has 0 aliphatic carbocycles. The van der Waals surface area contributed by atoms with Crippen LogP contribution in [0.25, 0.3) is 0 Å². The van der Waals surface area contributed by atoms with Crippen molar-refractivity contribution in [3.8, 4) is 0 Å². The highest BCUT2D eigenvalue weighted by Gasteiger charge is 2.04. The molecule has 0 heterocycles. The van der Waals surface area contributed by atoms with E-state index < -0.39 is 0 Å². The van der Waals surface area contributed by atoms with Crippen LogP contribution in [0.4, 0.5) is 0 Å². The smallest absolute Gasteiger partial charge is 0.220 e. The third-order valence-electron chi connectivity index (χ3n) is 2.76. The van der Waals surface area contributed by atoms with Crippen LogP contribution in [-0.2, 0) is 11.2 Å². The van der Waals surface area contributed by atoms with Crippen molar-refractivity contribution in [1.82, 2.24) is 5.32 Å². The lowest BCUT2D eigenvalue weighted by atomic mass is 10.1. The van der Waals surface area contributed by atoms with Crippen molar-refractivity contribution in [3.63, 3.8) is 0 Å². The fraction of sp³-hybridized carbons (Fsp3) is 0.500. The van der Waals surface area contributed by atoms with Crippen LogP contribution in [0.3, 0.4) is 0 Å². The summed E-state index contributed by atoms with van der Waals surface area (Å²) in [6, 6.07) is 5.85. The summed E-state index contributed by atoms with van der Waals surface area (Å²) in [5.41, 5.74) is 2.11. The van der Waals surface area contributed by atoms with E-state index in [0.717, 1.165) is 16.1 Å². The van der Waals surface area contributed by atoms with E-state index in [4.69, 9.17) is 16.7 Å². The summed E-state index contributed by atoms with van der Waals surface area (Å²) in [7, 11) is 0. The van der Waals surface area contributed by atoms with Gasteiger partial charge in [0.25, 0.3) is 0 Å². The lowest BCUT2D eigenvalue weighted by molar-refractivity contribution is -0.121. The standard InChI is InChI=1S/C14H20ClNO2/c1-10-3-4-12(9-13(10)15)5-6-14(18)16-8-7-11(2)17/h3-4,9,11,17H,5-8H2,1-2H3,(H,16,18). The minimum absolute atomic E-state index is 0.00680. The highest BCUT2D eigenvalue weighted by Crippen LogP contribution is 2.17. The molecule has 1 rings (SSSR count). The number of nitrogens with one attached hydrogen (secondary N) is 1. The average Bonchev–Trinajstić information content (AvgIpc) is 2.30. The largest absolute Gasteiger partial charge is 0.393 e. The van der Waals surface area contributed by atoms with Gasteiger partial charge in [-0.2, -0.15) is 0 Å². The van der Waals surface area contributed by atoms with Crippen molar-refractivity contribution >= 4 is 17.5 Å². The van der Waals surface area contributed by atoms with Crippen molar-refractivity contribution < 1.29 is 9.90 Å². The van der Waals surface area contributed by atoms with Crippen LogP contribution in [0.15, 0.2) is 18.2 Å². The topological polar surface area (TPSA) is 49.3 Å². The van der Waals surface area contributed by atoms with Gasteiger partial charge in [0.15, 0.2) is 0 Å². The van der Waals surface area contributed by atoms with Crippen LogP contribution in [-0.4, -0.2) is 23.7 Å². The van der Waals surface area contributed by atoms with Crippen LogP contribution in [0.1, 0.15) is 30.9 Å². The molecule has 0 fully saturated rings. The first-order chi connectivity index (χ1) is 8.49. The first-order valence-electron chi connectivity index (χ1n) is 6.19. The molecular formula is C14H20ClNO2. The van der Waals surface area contributed by atoms with Crippen LogP contribution in [0.5, 0.6) is 0 Å². The van der Waals surface area contributed by atoms with E-state index in [1.165, 1.54) is 0 Å². The van der Waals surface area contributed by atoms with Crippen molar-refractivity contribution in [2.75, 3.05) is 6.54 Å². The third-order valence-corrected chi connectivity index (χ3v) is 3.17. The van der Waals surface area contributed by atoms with Gasteiger partial charge >= 0.3 is 0 Å². The monoisotopic (exact) mass is 269 g/mol. The number of amides is 1. The Bertz CT molecular complexity index is 405. The average molecular weight is 270 g/mol. The first kappa shape index (κ1) is 15.0. The molecule has 0 aliphatic heterocycles. The third kappa shape index (κ3) is 5.52. The second-order valence-electron chi connectivity index (χ2n) is 4.57. The number of aliphatic hydroxyl groups is 1. The molecule has 0 saturated heterocycles. The van der Waals surface area contributed by atoms with Gasteiger partial charge < -0.3 is 10.4 Å². The molecule has 1 aromatic rings. The maximum atomic E-state index is 11.5. The van der Waals surface area contributed by atoms with Crippen molar-refractivity contribution in [2.24, 2.45) is 0 Å². The van der Waals surface area contributed by atoms with Gasteiger partial charge in [-0.1, -0.05) is 23.7 Å². The zero-order valence-corrected chi connectivity index (χ0v) is 11.6. The zero-order valence-electron chi connectivity index (χ0n) is 10.9. The summed E-state index contributed by atoms with van der Waals surface area (Å²) in [5, 5.41) is 12.6. The summed E-state index contributed by atoms with van der Waals surface area (Å²) in [6.45, 7) is 4.18. The quantitative estimate of drug-likeness (QED) is 0.834. The molecule has 100 valence electrons. The molecule has 0 saturated carbocycles. The summed E-state index contributed by atoms with van der Waals surface area (Å²) >= 11 is 6.02. The maximum Gasteiger partial charge on any atom is 0.220 e. The molecule has 0 radical (unpaired) electrons. The van der Waals surface area contributed by atoms with Gasteiger partial charge in [-0.25, -0.2) is 0 Å². The molecule has 1 unspecified atom stereocenters. The Morgan fingerprint density at radius 1 is 1.50 bits per heavy atom. The number of benzene rings is 1. The van der Waals surface area contributed by atoms with Crippen molar-refractivity contribution in [2.45, 2.75) is 39.2 Å². The fourth-order valence-electron chi connectivity index (χ4n) is 1.56. The lowest BCUT2D eigenvalue weighted by Gasteiger charge is -2.07. The Balaban J connectivity index is 2.31. The molecule has 0 bridgehead atoms. The Kier molecular flexibility index (Phi) is 6.16. The number of hydrogen-bond acceptors (Lipinski definition) is 2. The Morgan fingerprint density at radius 3 is 2.83 bits per heavy atom. The van der Waals surface area contributed by atoms with Crippen molar-refractivity contribution in [3.05, 3.63) is 34.3 Å². The number of carbonyl (C=O) groups excluding carboxylic acids is 1. The minimum Gasteiger partial charge on any atom is -0.393 e. The van der Waals surface area contributed by atoms with E-state index >= 15 is 0 Å². The molecule has 2 N–H and O–H groups in total. The van der Waals surface area contributed by atoms with Crippen LogP contribution in [0, 0.1) is 6.92 Å². The Hall–Kier alpha value is -1.06. The Labute approximate surface area is 113 Å². The molecule has 4 heteroatoms. The predicted octanol–water partition coefficient (Wildman–Crippen LogP) is 2.47. The fourth-order valence-corrected chi connectivity index (χ4v) is 1.76. The van der Waals surface area contributed by atoms with Gasteiger partial charge in [-0.05, 0) is 43.9 Å². The molecule has 1 atom stereocenters. The normalized spacial score (nSPS) is 12.2. The molecule has 3 nitrogen and oxygen atoms in total. The number of aryl methyl sites for hydroxylation is 2. The van der Waals surface area contributed by atoms with E-state index in [-0.39, 0.29) is 12.0 Å². The number of carbonyl (C=O) groups is 1. The Morgan fingerprint density at radius 2 is 2.22 bits per heavy atom. The van der Waals surface area contributed by atoms with Gasteiger partial charge in [0, 0.05) is 18.0 Å². The summed E-state index contributed by atoms with van der Waals surface area (Å²) in [5.74, 6) is 0.00680. The summed E-state index contributed by atoms with van der Waals surface area (Å²) in [6.07, 6.45) is 1.34. The van der Waals surface area contributed by atoms with E-state index in [9.17, 15) is 4.79 Å². The lowest BCUT2D eigenvalue weighted by Crippen LogP contribution is -2.26.